The van der Waals surface area contributed by atoms with E-state index in [9.17, 15) is 4.79 Å². The molecule has 3 aliphatic carbocycles. The van der Waals surface area contributed by atoms with Crippen LogP contribution >= 0.6 is 0 Å². The van der Waals surface area contributed by atoms with Crippen LogP contribution in [-0.2, 0) is 0 Å². The van der Waals surface area contributed by atoms with Gasteiger partial charge in [0.15, 0.2) is 11.5 Å². The summed E-state index contributed by atoms with van der Waals surface area (Å²) in [6.45, 7) is 0.217. The van der Waals surface area contributed by atoms with Gasteiger partial charge < -0.3 is 9.47 Å². The van der Waals surface area contributed by atoms with Crippen LogP contribution in [0.1, 0.15) is 42.5 Å². The van der Waals surface area contributed by atoms with Crippen molar-refractivity contribution in [2.75, 3.05) is 6.79 Å². The third kappa shape index (κ3) is 2.06. The van der Waals surface area contributed by atoms with Crippen LogP contribution in [0.4, 0.5) is 0 Å². The van der Waals surface area contributed by atoms with Gasteiger partial charge in [0.1, 0.15) is 0 Å². The van der Waals surface area contributed by atoms with Crippen molar-refractivity contribution in [1.29, 1.82) is 0 Å². The molecule has 4 atom stereocenters. The summed E-state index contributed by atoms with van der Waals surface area (Å²) >= 11 is 0. The Balaban J connectivity index is 1.30. The standard InChI is InChI=1S/C18H20N2O3/c21-18(10-4-5-16-17(8-10)23-9-22-16)20-19-15-7-11-6-14(15)13-3-1-2-12(11)13/h4-5,8,11-14H,1-3,6-7,9H2,(H,20,21)/b19-15+. The third-order valence-electron chi connectivity index (χ3n) is 6.14. The molecule has 1 aromatic rings. The lowest BCUT2D eigenvalue weighted by atomic mass is 9.81. The molecule has 4 unspecified atom stereocenters. The van der Waals surface area contributed by atoms with Crippen molar-refractivity contribution < 1.29 is 14.3 Å². The number of nitrogens with zero attached hydrogens (tertiary/aromatic N) is 1. The van der Waals surface area contributed by atoms with E-state index < -0.39 is 0 Å². The molecule has 2 bridgehead atoms. The number of carbonyl (C=O) groups is 1. The molecule has 5 heteroatoms. The number of benzene rings is 1. The van der Waals surface area contributed by atoms with E-state index in [1.54, 1.807) is 18.2 Å². The van der Waals surface area contributed by atoms with Crippen molar-refractivity contribution in [3.8, 4) is 11.5 Å². The lowest BCUT2D eigenvalue weighted by Crippen LogP contribution is -2.27. The highest BCUT2D eigenvalue weighted by Gasteiger charge is 2.52. The smallest absolute Gasteiger partial charge is 0.271 e. The minimum atomic E-state index is -0.179. The van der Waals surface area contributed by atoms with Crippen molar-refractivity contribution in [3.05, 3.63) is 23.8 Å². The van der Waals surface area contributed by atoms with E-state index in [2.05, 4.69) is 10.5 Å². The lowest BCUT2D eigenvalue weighted by Gasteiger charge is -2.25. The fraction of sp³-hybridized carbons (Fsp3) is 0.556. The van der Waals surface area contributed by atoms with E-state index in [0.29, 0.717) is 23.0 Å². The Bertz CT molecular complexity index is 700. The van der Waals surface area contributed by atoms with Crippen LogP contribution in [0.5, 0.6) is 11.5 Å². The van der Waals surface area contributed by atoms with Crippen LogP contribution < -0.4 is 14.9 Å². The monoisotopic (exact) mass is 312 g/mol. The average molecular weight is 312 g/mol. The van der Waals surface area contributed by atoms with Crippen molar-refractivity contribution in [2.45, 2.75) is 32.1 Å². The SMILES string of the molecule is O=C(N/N=C1\CC2CC1C1CCCC21)c1ccc2c(c1)OCO2. The molecule has 1 N–H and O–H groups in total. The topological polar surface area (TPSA) is 59.9 Å². The van der Waals surface area contributed by atoms with E-state index in [0.717, 1.165) is 24.2 Å². The molecular weight excluding hydrogens is 292 g/mol. The number of carbonyl (C=O) groups excluding carboxylic acids is 1. The zero-order valence-electron chi connectivity index (χ0n) is 13.0. The fourth-order valence-corrected chi connectivity index (χ4v) is 5.17. The van der Waals surface area contributed by atoms with Crippen LogP contribution in [0, 0.1) is 23.7 Å². The number of hydrazone groups is 1. The first-order valence-electron chi connectivity index (χ1n) is 8.56. The predicted octanol–water partition coefficient (Wildman–Crippen LogP) is 2.96. The molecule has 0 aromatic heterocycles. The Labute approximate surface area is 135 Å². The number of amides is 1. The predicted molar refractivity (Wildman–Crippen MR) is 84.5 cm³/mol. The van der Waals surface area contributed by atoms with E-state index in [4.69, 9.17) is 9.47 Å². The molecule has 4 aliphatic rings. The average Bonchev–Trinajstić information content (AvgIpc) is 3.32. The highest BCUT2D eigenvalue weighted by Crippen LogP contribution is 2.57. The Morgan fingerprint density at radius 1 is 1.17 bits per heavy atom. The van der Waals surface area contributed by atoms with Crippen molar-refractivity contribution in [1.82, 2.24) is 5.43 Å². The highest BCUT2D eigenvalue weighted by molar-refractivity contribution is 5.97. The van der Waals surface area contributed by atoms with E-state index >= 15 is 0 Å². The molecule has 120 valence electrons. The van der Waals surface area contributed by atoms with E-state index in [-0.39, 0.29) is 12.7 Å². The number of ether oxygens (including phenoxy) is 2. The minimum absolute atomic E-state index is 0.179. The van der Waals surface area contributed by atoms with Gasteiger partial charge in [0, 0.05) is 17.2 Å². The Morgan fingerprint density at radius 3 is 3.00 bits per heavy atom. The van der Waals surface area contributed by atoms with Gasteiger partial charge in [-0.05, 0) is 61.6 Å². The molecule has 5 nitrogen and oxygen atoms in total. The van der Waals surface area contributed by atoms with Crippen LogP contribution in [-0.4, -0.2) is 18.4 Å². The second-order valence-electron chi connectivity index (χ2n) is 7.18. The summed E-state index contributed by atoms with van der Waals surface area (Å²) < 4.78 is 10.6. The van der Waals surface area contributed by atoms with Gasteiger partial charge in [-0.1, -0.05) is 6.42 Å². The van der Waals surface area contributed by atoms with Gasteiger partial charge in [0.05, 0.1) is 0 Å². The molecule has 1 heterocycles. The molecule has 1 aromatic carbocycles. The first-order chi connectivity index (χ1) is 11.3. The summed E-state index contributed by atoms with van der Waals surface area (Å²) in [6.07, 6.45) is 6.49. The summed E-state index contributed by atoms with van der Waals surface area (Å²) in [5.74, 6) is 4.32. The van der Waals surface area contributed by atoms with Gasteiger partial charge in [0.2, 0.25) is 6.79 Å². The maximum absolute atomic E-state index is 12.3. The Hall–Kier alpha value is -2.04. The second kappa shape index (κ2) is 4.98. The Kier molecular flexibility index (Phi) is 2.90. The summed E-state index contributed by atoms with van der Waals surface area (Å²) in [7, 11) is 0. The zero-order chi connectivity index (χ0) is 15.4. The highest BCUT2D eigenvalue weighted by atomic mass is 16.7. The first-order valence-corrected chi connectivity index (χ1v) is 8.56. The van der Waals surface area contributed by atoms with Crippen LogP contribution in [0.25, 0.3) is 0 Å². The van der Waals surface area contributed by atoms with Crippen molar-refractivity contribution in [2.24, 2.45) is 28.8 Å². The Morgan fingerprint density at radius 2 is 2.04 bits per heavy atom. The van der Waals surface area contributed by atoms with Crippen LogP contribution in [0.15, 0.2) is 23.3 Å². The van der Waals surface area contributed by atoms with Gasteiger partial charge in [-0.25, -0.2) is 5.43 Å². The lowest BCUT2D eigenvalue weighted by molar-refractivity contribution is 0.0954. The zero-order valence-corrected chi connectivity index (χ0v) is 13.0. The molecule has 3 saturated carbocycles. The van der Waals surface area contributed by atoms with E-state index in [1.807, 2.05) is 0 Å². The van der Waals surface area contributed by atoms with Gasteiger partial charge in [-0.15, -0.1) is 0 Å². The molecule has 23 heavy (non-hydrogen) atoms. The number of fused-ring (bicyclic) bond motifs is 6. The quantitative estimate of drug-likeness (QED) is 0.854. The molecule has 0 radical (unpaired) electrons. The number of rotatable bonds is 2. The largest absolute Gasteiger partial charge is 0.454 e. The third-order valence-corrected chi connectivity index (χ3v) is 6.14. The second-order valence-corrected chi connectivity index (χ2v) is 7.18. The summed E-state index contributed by atoms with van der Waals surface area (Å²) in [4.78, 5) is 12.3. The molecule has 1 aliphatic heterocycles. The van der Waals surface area contributed by atoms with Gasteiger partial charge in [0.25, 0.3) is 5.91 Å². The van der Waals surface area contributed by atoms with Crippen LogP contribution in [0.3, 0.4) is 0 Å². The molecule has 3 fully saturated rings. The normalized spacial score (nSPS) is 34.9. The minimum Gasteiger partial charge on any atom is -0.454 e. The first kappa shape index (κ1) is 13.4. The molecule has 1 amide bonds. The number of hydrogen-bond donors (Lipinski definition) is 1. The summed E-state index contributed by atoms with van der Waals surface area (Å²) in [5.41, 5.74) is 4.52. The van der Waals surface area contributed by atoms with E-state index in [1.165, 1.54) is 31.4 Å². The maximum atomic E-state index is 12.3. The molecule has 5 rings (SSSR count). The number of hydrogen-bond acceptors (Lipinski definition) is 4. The fourth-order valence-electron chi connectivity index (χ4n) is 5.17. The summed E-state index contributed by atoms with van der Waals surface area (Å²) in [6, 6.07) is 5.23. The van der Waals surface area contributed by atoms with Crippen molar-refractivity contribution in [3.63, 3.8) is 0 Å². The van der Waals surface area contributed by atoms with Gasteiger partial charge >= 0.3 is 0 Å². The van der Waals surface area contributed by atoms with Gasteiger partial charge in [-0.3, -0.25) is 4.79 Å². The molecule has 0 spiro atoms. The van der Waals surface area contributed by atoms with Gasteiger partial charge in [-0.2, -0.15) is 5.10 Å². The van der Waals surface area contributed by atoms with Crippen molar-refractivity contribution >= 4 is 11.6 Å². The van der Waals surface area contributed by atoms with Crippen LogP contribution in [0.2, 0.25) is 0 Å². The molecular formula is C18H20N2O3. The number of nitrogens with one attached hydrogen (secondary N) is 1. The molecule has 0 saturated heterocycles. The maximum Gasteiger partial charge on any atom is 0.271 e. The summed E-state index contributed by atoms with van der Waals surface area (Å²) in [5, 5.41) is 4.48.